The van der Waals surface area contributed by atoms with Crippen molar-refractivity contribution in [1.82, 2.24) is 9.03 Å². The first-order valence-corrected chi connectivity index (χ1v) is 9.31. The predicted octanol–water partition coefficient (Wildman–Crippen LogP) is -0.0500. The number of hydrogen-bond acceptors (Lipinski definition) is 5. The molecule has 1 saturated heterocycles. The Bertz CT molecular complexity index is 305. The second-order valence-corrected chi connectivity index (χ2v) is 8.31. The first kappa shape index (κ1) is 15.6. The van der Waals surface area contributed by atoms with Crippen molar-refractivity contribution in [2.45, 2.75) is 11.7 Å². The molecule has 0 aromatic heterocycles. The molecule has 1 rings (SSSR count). The lowest BCUT2D eigenvalue weighted by Gasteiger charge is -2.23. The van der Waals surface area contributed by atoms with Gasteiger partial charge in [0.25, 0.3) is 10.2 Å². The lowest BCUT2D eigenvalue weighted by atomic mass is 10.4. The summed E-state index contributed by atoms with van der Waals surface area (Å²) in [5.74, 6) is 3.31. The van der Waals surface area contributed by atoms with Crippen molar-refractivity contribution >= 4 is 33.7 Å². The standard InChI is InChI=1S/C9H21N3O2S3/c1-12(4-2-3-10)17(13,14)11-7-9-8-15-5-6-16-9/h9,11H,2-8,10H2,1H3. The largest absolute Gasteiger partial charge is 0.330 e. The summed E-state index contributed by atoms with van der Waals surface area (Å²) in [5, 5.41) is 0.395. The van der Waals surface area contributed by atoms with Crippen LogP contribution in [0.5, 0.6) is 0 Å². The van der Waals surface area contributed by atoms with Gasteiger partial charge in [0, 0.05) is 42.6 Å². The van der Waals surface area contributed by atoms with Gasteiger partial charge in [-0.15, -0.1) is 0 Å². The molecular weight excluding hydrogens is 278 g/mol. The van der Waals surface area contributed by atoms with Gasteiger partial charge >= 0.3 is 0 Å². The summed E-state index contributed by atoms with van der Waals surface area (Å²) in [6, 6.07) is 0. The summed E-state index contributed by atoms with van der Waals surface area (Å²) in [6.45, 7) is 1.50. The van der Waals surface area contributed by atoms with Crippen LogP contribution in [-0.4, -0.2) is 61.9 Å². The zero-order chi connectivity index (χ0) is 12.7. The fraction of sp³-hybridized carbons (Fsp3) is 1.00. The van der Waals surface area contributed by atoms with E-state index < -0.39 is 10.2 Å². The van der Waals surface area contributed by atoms with Gasteiger partial charge in [0.1, 0.15) is 0 Å². The highest BCUT2D eigenvalue weighted by Crippen LogP contribution is 2.23. The number of hydrogen-bond donors (Lipinski definition) is 2. The van der Waals surface area contributed by atoms with E-state index in [1.54, 1.807) is 7.05 Å². The van der Waals surface area contributed by atoms with E-state index in [4.69, 9.17) is 5.73 Å². The molecule has 1 atom stereocenters. The van der Waals surface area contributed by atoms with Crippen molar-refractivity contribution in [3.05, 3.63) is 0 Å². The van der Waals surface area contributed by atoms with Crippen molar-refractivity contribution in [2.75, 3.05) is 43.9 Å². The van der Waals surface area contributed by atoms with Gasteiger partial charge in [-0.3, -0.25) is 0 Å². The Morgan fingerprint density at radius 3 is 2.82 bits per heavy atom. The average Bonchev–Trinajstić information content (AvgIpc) is 2.35. The lowest BCUT2D eigenvalue weighted by molar-refractivity contribution is 0.453. The Kier molecular flexibility index (Phi) is 7.20. The minimum Gasteiger partial charge on any atom is -0.330 e. The predicted molar refractivity (Wildman–Crippen MR) is 76.8 cm³/mol. The highest BCUT2D eigenvalue weighted by molar-refractivity contribution is 8.06. The molecule has 0 aromatic carbocycles. The van der Waals surface area contributed by atoms with Gasteiger partial charge < -0.3 is 5.73 Å². The Morgan fingerprint density at radius 1 is 1.47 bits per heavy atom. The zero-order valence-electron chi connectivity index (χ0n) is 10.1. The molecule has 1 heterocycles. The maximum Gasteiger partial charge on any atom is 0.279 e. The molecule has 5 nitrogen and oxygen atoms in total. The fourth-order valence-electron chi connectivity index (χ4n) is 1.40. The van der Waals surface area contributed by atoms with Gasteiger partial charge in [-0.2, -0.15) is 36.2 Å². The average molecular weight is 299 g/mol. The SMILES string of the molecule is CN(CCCN)S(=O)(=O)NCC1CSCCS1. The van der Waals surface area contributed by atoms with E-state index in [9.17, 15) is 8.42 Å². The van der Waals surface area contributed by atoms with Gasteiger partial charge in [0.2, 0.25) is 0 Å². The Balaban J connectivity index is 2.32. The topological polar surface area (TPSA) is 75.4 Å². The molecule has 17 heavy (non-hydrogen) atoms. The quantitative estimate of drug-likeness (QED) is 0.689. The molecule has 0 saturated carbocycles. The molecule has 0 bridgehead atoms. The van der Waals surface area contributed by atoms with E-state index in [2.05, 4.69) is 4.72 Å². The molecule has 1 fully saturated rings. The second kappa shape index (κ2) is 7.85. The van der Waals surface area contributed by atoms with Gasteiger partial charge in [-0.25, -0.2) is 4.72 Å². The third-order valence-electron chi connectivity index (χ3n) is 2.47. The summed E-state index contributed by atoms with van der Waals surface area (Å²) in [5.41, 5.74) is 5.36. The lowest BCUT2D eigenvalue weighted by Crippen LogP contribution is -2.42. The van der Waals surface area contributed by atoms with Crippen LogP contribution in [0, 0.1) is 0 Å². The molecule has 1 aliphatic rings. The number of nitrogens with two attached hydrogens (primary N) is 1. The molecule has 0 spiro atoms. The molecule has 0 aromatic rings. The Hall–Kier alpha value is 0.530. The molecule has 3 N–H and O–H groups in total. The second-order valence-electron chi connectivity index (χ2n) is 3.88. The van der Waals surface area contributed by atoms with E-state index >= 15 is 0 Å². The van der Waals surface area contributed by atoms with Crippen LogP contribution in [0.15, 0.2) is 0 Å². The molecule has 102 valence electrons. The molecule has 0 radical (unpaired) electrons. The third kappa shape index (κ3) is 5.80. The van der Waals surface area contributed by atoms with E-state index in [1.807, 2.05) is 23.5 Å². The van der Waals surface area contributed by atoms with Crippen LogP contribution in [0.1, 0.15) is 6.42 Å². The number of nitrogens with one attached hydrogen (secondary N) is 1. The van der Waals surface area contributed by atoms with E-state index in [0.717, 1.165) is 11.5 Å². The highest BCUT2D eigenvalue weighted by Gasteiger charge is 2.20. The van der Waals surface area contributed by atoms with Gasteiger partial charge in [0.05, 0.1) is 0 Å². The monoisotopic (exact) mass is 299 g/mol. The summed E-state index contributed by atoms with van der Waals surface area (Å²) >= 11 is 3.74. The molecule has 8 heteroatoms. The van der Waals surface area contributed by atoms with Crippen LogP contribution in [0.4, 0.5) is 0 Å². The number of thioether (sulfide) groups is 2. The van der Waals surface area contributed by atoms with Crippen LogP contribution < -0.4 is 10.5 Å². The number of nitrogens with zero attached hydrogens (tertiary/aromatic N) is 1. The minimum absolute atomic E-state index is 0.395. The van der Waals surface area contributed by atoms with Crippen LogP contribution in [-0.2, 0) is 10.2 Å². The maximum absolute atomic E-state index is 11.8. The number of rotatable bonds is 7. The van der Waals surface area contributed by atoms with E-state index in [1.165, 1.54) is 10.1 Å². The van der Waals surface area contributed by atoms with Crippen molar-refractivity contribution < 1.29 is 8.42 Å². The molecule has 0 aliphatic carbocycles. The Morgan fingerprint density at radius 2 is 2.24 bits per heavy atom. The van der Waals surface area contributed by atoms with Crippen molar-refractivity contribution in [3.8, 4) is 0 Å². The summed E-state index contributed by atoms with van der Waals surface area (Å²) in [7, 11) is -1.74. The Labute approximate surface area is 112 Å². The molecule has 1 aliphatic heterocycles. The maximum atomic E-state index is 11.8. The first-order chi connectivity index (χ1) is 8.06. The smallest absolute Gasteiger partial charge is 0.279 e. The van der Waals surface area contributed by atoms with E-state index in [-0.39, 0.29) is 0 Å². The third-order valence-corrected chi connectivity index (χ3v) is 6.85. The molecular formula is C9H21N3O2S3. The van der Waals surface area contributed by atoms with Crippen LogP contribution in [0.2, 0.25) is 0 Å². The van der Waals surface area contributed by atoms with Crippen molar-refractivity contribution in [2.24, 2.45) is 5.73 Å². The summed E-state index contributed by atoms with van der Waals surface area (Å²) in [4.78, 5) is 0. The normalized spacial score (nSPS) is 21.9. The van der Waals surface area contributed by atoms with Gasteiger partial charge in [-0.05, 0) is 13.0 Å². The van der Waals surface area contributed by atoms with Crippen LogP contribution >= 0.6 is 23.5 Å². The molecule has 0 amide bonds. The van der Waals surface area contributed by atoms with E-state index in [0.29, 0.717) is 31.3 Å². The first-order valence-electron chi connectivity index (χ1n) is 5.66. The molecule has 1 unspecified atom stereocenters. The zero-order valence-corrected chi connectivity index (χ0v) is 12.5. The van der Waals surface area contributed by atoms with Crippen LogP contribution in [0.25, 0.3) is 0 Å². The van der Waals surface area contributed by atoms with Crippen molar-refractivity contribution in [1.29, 1.82) is 0 Å². The van der Waals surface area contributed by atoms with Crippen LogP contribution in [0.3, 0.4) is 0 Å². The summed E-state index contributed by atoms with van der Waals surface area (Å²) in [6.07, 6.45) is 0.686. The van der Waals surface area contributed by atoms with Gasteiger partial charge in [-0.1, -0.05) is 0 Å². The minimum atomic E-state index is -3.33. The van der Waals surface area contributed by atoms with Crippen molar-refractivity contribution in [3.63, 3.8) is 0 Å². The fourth-order valence-corrected chi connectivity index (χ4v) is 5.12. The highest BCUT2D eigenvalue weighted by atomic mass is 32.2. The summed E-state index contributed by atoms with van der Waals surface area (Å²) < 4.78 is 27.7. The van der Waals surface area contributed by atoms with Gasteiger partial charge in [0.15, 0.2) is 0 Å².